The highest BCUT2D eigenvalue weighted by molar-refractivity contribution is 7.98. The molecule has 0 bridgehead atoms. The van der Waals surface area contributed by atoms with Crippen molar-refractivity contribution in [2.24, 2.45) is 0 Å². The van der Waals surface area contributed by atoms with Crippen LogP contribution in [0.5, 0.6) is 0 Å². The first-order chi connectivity index (χ1) is 20.4. The molecule has 9 heteroatoms. The number of nitriles is 1. The lowest BCUT2D eigenvalue weighted by atomic mass is 10.0. The molecule has 5 aromatic rings. The first kappa shape index (κ1) is 28.5. The van der Waals surface area contributed by atoms with Crippen LogP contribution >= 0.6 is 24.0 Å². The molecular weight excluding hydrogens is 563 g/mol. The fourth-order valence-corrected chi connectivity index (χ4v) is 5.25. The number of nitrogens with zero attached hydrogens (tertiary/aromatic N) is 2. The maximum absolute atomic E-state index is 12.7. The molecule has 1 aromatic heterocycles. The Bertz CT molecular complexity index is 1850. The number of nitrogens with one attached hydrogen (secondary N) is 3. The molecule has 0 saturated carbocycles. The summed E-state index contributed by atoms with van der Waals surface area (Å²) in [6.45, 7) is 1.95. The molecule has 0 unspecified atom stereocenters. The number of hydrogen-bond donors (Lipinski definition) is 3. The number of thioether (sulfide) groups is 1. The van der Waals surface area contributed by atoms with Gasteiger partial charge in [-0.2, -0.15) is 5.26 Å². The number of para-hydroxylation sites is 1. The maximum Gasteiger partial charge on any atom is 0.270 e. The Morgan fingerprint density at radius 2 is 1.55 bits per heavy atom. The minimum Gasteiger partial charge on any atom is -0.332 e. The van der Waals surface area contributed by atoms with E-state index in [1.54, 1.807) is 12.1 Å². The normalized spacial score (nSPS) is 10.5. The number of amides is 1. The van der Waals surface area contributed by atoms with Gasteiger partial charge in [-0.15, -0.1) is 0 Å². The van der Waals surface area contributed by atoms with Crippen molar-refractivity contribution in [3.8, 4) is 28.5 Å². The third kappa shape index (κ3) is 6.81. The summed E-state index contributed by atoms with van der Waals surface area (Å²) >= 11 is 6.63. The predicted octanol–water partition coefficient (Wildman–Crippen LogP) is 6.70. The molecule has 0 aliphatic heterocycles. The Kier molecular flexibility index (Phi) is 8.87. The first-order valence-corrected chi connectivity index (χ1v) is 14.4. The van der Waals surface area contributed by atoms with Gasteiger partial charge in [-0.25, -0.2) is 4.98 Å². The van der Waals surface area contributed by atoms with Gasteiger partial charge >= 0.3 is 0 Å². The van der Waals surface area contributed by atoms with Crippen molar-refractivity contribution in [1.82, 2.24) is 15.3 Å². The highest BCUT2D eigenvalue weighted by Gasteiger charge is 2.15. The summed E-state index contributed by atoms with van der Waals surface area (Å²) in [5.74, 6) is 0.178. The number of thiocarbonyl (C=S) groups is 1. The van der Waals surface area contributed by atoms with Crippen LogP contribution in [0.25, 0.3) is 22.4 Å². The van der Waals surface area contributed by atoms with Crippen molar-refractivity contribution in [2.75, 3.05) is 5.32 Å². The molecule has 0 saturated heterocycles. The van der Waals surface area contributed by atoms with Crippen LogP contribution in [-0.2, 0) is 5.75 Å². The molecule has 1 heterocycles. The van der Waals surface area contributed by atoms with E-state index in [2.05, 4.69) is 20.6 Å². The lowest BCUT2D eigenvalue weighted by Crippen LogP contribution is -2.34. The second kappa shape index (κ2) is 13.1. The van der Waals surface area contributed by atoms with Gasteiger partial charge in [0.25, 0.3) is 11.5 Å². The van der Waals surface area contributed by atoms with Crippen LogP contribution in [0.3, 0.4) is 0 Å². The zero-order valence-corrected chi connectivity index (χ0v) is 24.2. The number of aromatic amines is 1. The largest absolute Gasteiger partial charge is 0.332 e. The summed E-state index contributed by atoms with van der Waals surface area (Å²) in [6, 6.07) is 34.4. The molecular formula is C33H25N5O2S2. The zero-order chi connectivity index (χ0) is 29.5. The molecule has 3 N–H and O–H groups in total. The van der Waals surface area contributed by atoms with Gasteiger partial charge in [0, 0.05) is 22.6 Å². The number of H-pyrrole nitrogens is 1. The number of aryl methyl sites for hydroxylation is 1. The van der Waals surface area contributed by atoms with Gasteiger partial charge in [0.1, 0.15) is 11.6 Å². The van der Waals surface area contributed by atoms with Crippen LogP contribution in [0.1, 0.15) is 27.0 Å². The standard InChI is InChI=1S/C33H25N5O2S2/c1-21-7-5-6-10-28(21)35-32(41)37-30(39)26-13-11-22(12-14-26)20-42-33-36-29(27(19-34)31(40)38-33)25-17-15-24(16-18-25)23-8-3-2-4-9-23/h2-18H,20H2,1H3,(H,36,38,40)(H2,35,37,39,41). The van der Waals surface area contributed by atoms with Crippen molar-refractivity contribution >= 4 is 40.7 Å². The number of carbonyl (C=O) groups is 1. The van der Waals surface area contributed by atoms with Crippen molar-refractivity contribution in [3.63, 3.8) is 0 Å². The number of aromatic nitrogens is 2. The number of benzene rings is 4. The zero-order valence-electron chi connectivity index (χ0n) is 22.5. The average Bonchev–Trinajstić information content (AvgIpc) is 3.01. The molecule has 0 fully saturated rings. The third-order valence-electron chi connectivity index (χ3n) is 6.49. The van der Waals surface area contributed by atoms with Crippen LogP contribution in [-0.4, -0.2) is 21.0 Å². The molecule has 0 atom stereocenters. The van der Waals surface area contributed by atoms with Crippen molar-refractivity contribution in [1.29, 1.82) is 5.26 Å². The van der Waals surface area contributed by atoms with Crippen LogP contribution in [0.2, 0.25) is 0 Å². The summed E-state index contributed by atoms with van der Waals surface area (Å²) in [4.78, 5) is 32.7. The van der Waals surface area contributed by atoms with Crippen molar-refractivity contribution in [2.45, 2.75) is 17.8 Å². The molecule has 1 amide bonds. The van der Waals surface area contributed by atoms with E-state index in [1.165, 1.54) is 11.8 Å². The van der Waals surface area contributed by atoms with Crippen LogP contribution in [0.4, 0.5) is 5.69 Å². The van der Waals surface area contributed by atoms with E-state index < -0.39 is 5.56 Å². The maximum atomic E-state index is 12.7. The van der Waals surface area contributed by atoms with E-state index in [9.17, 15) is 14.9 Å². The quantitative estimate of drug-likeness (QED) is 0.110. The lowest BCUT2D eigenvalue weighted by molar-refractivity contribution is 0.0977. The highest BCUT2D eigenvalue weighted by Crippen LogP contribution is 2.27. The smallest absolute Gasteiger partial charge is 0.270 e. The molecule has 0 aliphatic rings. The van der Waals surface area contributed by atoms with Gasteiger partial charge in [-0.3, -0.25) is 14.9 Å². The predicted molar refractivity (Wildman–Crippen MR) is 171 cm³/mol. The second-order valence-corrected chi connectivity index (χ2v) is 10.7. The molecule has 7 nitrogen and oxygen atoms in total. The fourth-order valence-electron chi connectivity index (χ4n) is 4.23. The molecule has 42 heavy (non-hydrogen) atoms. The lowest BCUT2D eigenvalue weighted by Gasteiger charge is -2.11. The Hall–Kier alpha value is -5.04. The molecule has 0 radical (unpaired) electrons. The number of hydrogen-bond acceptors (Lipinski definition) is 6. The summed E-state index contributed by atoms with van der Waals surface area (Å²) in [7, 11) is 0. The van der Waals surface area contributed by atoms with E-state index in [0.29, 0.717) is 27.7 Å². The van der Waals surface area contributed by atoms with Gasteiger partial charge in [0.15, 0.2) is 10.3 Å². The van der Waals surface area contributed by atoms with Gasteiger partial charge in [0.05, 0.1) is 5.69 Å². The minimum atomic E-state index is -0.487. The molecule has 206 valence electrons. The topological polar surface area (TPSA) is 111 Å². The average molecular weight is 588 g/mol. The van der Waals surface area contributed by atoms with E-state index in [1.807, 2.05) is 104 Å². The van der Waals surface area contributed by atoms with Crippen molar-refractivity contribution < 1.29 is 4.79 Å². The monoisotopic (exact) mass is 587 g/mol. The number of rotatable bonds is 7. The van der Waals surface area contributed by atoms with Gasteiger partial charge in [0.2, 0.25) is 0 Å². The molecule has 0 spiro atoms. The van der Waals surface area contributed by atoms with Gasteiger partial charge in [-0.1, -0.05) is 96.7 Å². The van der Waals surface area contributed by atoms with Crippen LogP contribution < -0.4 is 16.2 Å². The molecule has 0 aliphatic carbocycles. The van der Waals surface area contributed by atoms with Gasteiger partial charge in [-0.05, 0) is 59.6 Å². The van der Waals surface area contributed by atoms with E-state index in [4.69, 9.17) is 12.2 Å². The number of anilines is 1. The Labute approximate surface area is 252 Å². The Morgan fingerprint density at radius 3 is 2.24 bits per heavy atom. The van der Waals surface area contributed by atoms with E-state index in [0.717, 1.165) is 27.9 Å². The van der Waals surface area contributed by atoms with Gasteiger partial charge < -0.3 is 10.3 Å². The van der Waals surface area contributed by atoms with E-state index in [-0.39, 0.29) is 16.6 Å². The Morgan fingerprint density at radius 1 is 0.905 bits per heavy atom. The molecule has 5 rings (SSSR count). The highest BCUT2D eigenvalue weighted by atomic mass is 32.2. The fraction of sp³-hybridized carbons (Fsp3) is 0.0606. The van der Waals surface area contributed by atoms with Crippen LogP contribution in [0, 0.1) is 18.3 Å². The summed E-state index contributed by atoms with van der Waals surface area (Å²) in [5.41, 5.74) is 5.84. The number of carbonyl (C=O) groups excluding carboxylic acids is 1. The summed E-state index contributed by atoms with van der Waals surface area (Å²) in [5, 5.41) is 16.0. The summed E-state index contributed by atoms with van der Waals surface area (Å²) in [6.07, 6.45) is 0. The Balaban J connectivity index is 1.25. The van der Waals surface area contributed by atoms with Crippen LogP contribution in [0.15, 0.2) is 113 Å². The first-order valence-electron chi connectivity index (χ1n) is 13.0. The minimum absolute atomic E-state index is 0.0306. The third-order valence-corrected chi connectivity index (χ3v) is 7.64. The SMILES string of the molecule is Cc1ccccc1NC(=S)NC(=O)c1ccc(CSc2nc(-c3ccc(-c4ccccc4)cc3)c(C#N)c(=O)[nH]2)cc1. The second-order valence-electron chi connectivity index (χ2n) is 9.36. The summed E-state index contributed by atoms with van der Waals surface area (Å²) < 4.78 is 0. The molecule has 4 aromatic carbocycles. The van der Waals surface area contributed by atoms with Crippen molar-refractivity contribution in [3.05, 3.63) is 136 Å². The van der Waals surface area contributed by atoms with E-state index >= 15 is 0 Å².